The molecule has 0 atom stereocenters. The number of halogens is 2. The Hall–Kier alpha value is -4.19. The van der Waals surface area contributed by atoms with Crippen molar-refractivity contribution in [2.75, 3.05) is 11.9 Å². The Labute approximate surface area is 201 Å². The zero-order chi connectivity index (χ0) is 25.0. The van der Waals surface area contributed by atoms with Crippen molar-refractivity contribution in [3.05, 3.63) is 99.2 Å². The van der Waals surface area contributed by atoms with Crippen LogP contribution in [0.25, 0.3) is 33.4 Å². The van der Waals surface area contributed by atoms with Crippen LogP contribution < -0.4 is 10.3 Å². The van der Waals surface area contributed by atoms with Gasteiger partial charge in [-0.05, 0) is 67.3 Å². The van der Waals surface area contributed by atoms with Crippen LogP contribution >= 0.6 is 0 Å². The quantitative estimate of drug-likeness (QED) is 0.282. The second-order valence-electron chi connectivity index (χ2n) is 8.86. The third-order valence-corrected chi connectivity index (χ3v) is 6.48. The van der Waals surface area contributed by atoms with Gasteiger partial charge in [0.1, 0.15) is 22.9 Å². The highest BCUT2D eigenvalue weighted by Crippen LogP contribution is 2.43. The van der Waals surface area contributed by atoms with Gasteiger partial charge in [0, 0.05) is 41.4 Å². The summed E-state index contributed by atoms with van der Waals surface area (Å²) < 4.78 is 36.0. The highest BCUT2D eigenvalue weighted by molar-refractivity contribution is 6.03. The molecular formula is C29H23F2NO3. The monoisotopic (exact) mass is 471 g/mol. The van der Waals surface area contributed by atoms with Crippen molar-refractivity contribution < 1.29 is 18.3 Å². The van der Waals surface area contributed by atoms with Crippen molar-refractivity contribution in [2.24, 2.45) is 0 Å². The molecule has 1 N–H and O–H groups in total. The van der Waals surface area contributed by atoms with E-state index in [4.69, 9.17) is 4.42 Å². The molecule has 0 unspecified atom stereocenters. The number of phenolic OH excluding ortho intramolecular Hbond substituents is 1. The first-order valence-electron chi connectivity index (χ1n) is 11.1. The number of nitrogens with zero attached hydrogens (tertiary/aromatic N) is 1. The van der Waals surface area contributed by atoms with Gasteiger partial charge in [0.05, 0.1) is 5.69 Å². The topological polar surface area (TPSA) is 53.7 Å². The molecule has 176 valence electrons. The Kier molecular flexibility index (Phi) is 5.32. The number of fused-ring (bicyclic) bond motifs is 2. The lowest BCUT2D eigenvalue weighted by Crippen LogP contribution is -2.12. The first kappa shape index (κ1) is 22.6. The minimum Gasteiger partial charge on any atom is -0.507 e. The van der Waals surface area contributed by atoms with E-state index in [9.17, 15) is 14.3 Å². The molecule has 0 saturated heterocycles. The Morgan fingerprint density at radius 1 is 0.829 bits per heavy atom. The van der Waals surface area contributed by atoms with E-state index in [-0.39, 0.29) is 17.2 Å². The fourth-order valence-corrected chi connectivity index (χ4v) is 4.57. The fraction of sp³-hybridized carbons (Fsp3) is 0.138. The molecule has 3 aromatic rings. The normalized spacial score (nSPS) is 11.4. The molecule has 0 saturated carbocycles. The first-order valence-corrected chi connectivity index (χ1v) is 11.1. The lowest BCUT2D eigenvalue weighted by molar-refractivity contribution is 0.467. The van der Waals surface area contributed by atoms with Gasteiger partial charge in [0.15, 0.2) is 5.82 Å². The molecule has 2 aliphatic rings. The molecule has 0 fully saturated rings. The van der Waals surface area contributed by atoms with Gasteiger partial charge in [-0.15, -0.1) is 0 Å². The third kappa shape index (κ3) is 3.71. The maximum atomic E-state index is 15.6. The van der Waals surface area contributed by atoms with Crippen LogP contribution in [0.3, 0.4) is 0 Å². The summed E-state index contributed by atoms with van der Waals surface area (Å²) in [5, 5.41) is 10.6. The van der Waals surface area contributed by atoms with Gasteiger partial charge < -0.3 is 14.4 Å². The van der Waals surface area contributed by atoms with Crippen molar-refractivity contribution in [3.63, 3.8) is 0 Å². The molecule has 5 rings (SSSR count). The Morgan fingerprint density at radius 3 is 2.20 bits per heavy atom. The number of hydrogen-bond acceptors (Lipinski definition) is 4. The second kappa shape index (κ2) is 8.24. The van der Waals surface area contributed by atoms with E-state index in [1.165, 1.54) is 6.07 Å². The molecule has 1 heterocycles. The molecule has 0 radical (unpaired) electrons. The van der Waals surface area contributed by atoms with Crippen molar-refractivity contribution in [3.8, 4) is 28.2 Å². The van der Waals surface area contributed by atoms with Crippen LogP contribution in [-0.2, 0) is 0 Å². The van der Waals surface area contributed by atoms with Gasteiger partial charge in [0.25, 0.3) is 0 Å². The number of benzene rings is 4. The van der Waals surface area contributed by atoms with Crippen molar-refractivity contribution >= 4 is 22.3 Å². The third-order valence-electron chi connectivity index (χ3n) is 6.48. The number of rotatable bonds is 3. The minimum atomic E-state index is -0.892. The summed E-state index contributed by atoms with van der Waals surface area (Å²) in [4.78, 5) is 13.7. The van der Waals surface area contributed by atoms with E-state index >= 15 is 4.39 Å². The lowest BCUT2D eigenvalue weighted by atomic mass is 9.91. The lowest BCUT2D eigenvalue weighted by Gasteiger charge is -2.23. The average molecular weight is 472 g/mol. The predicted molar refractivity (Wildman–Crippen MR) is 135 cm³/mol. The highest BCUT2D eigenvalue weighted by atomic mass is 19.1. The van der Waals surface area contributed by atoms with Gasteiger partial charge in [-0.1, -0.05) is 24.3 Å². The van der Waals surface area contributed by atoms with E-state index in [2.05, 4.69) is 0 Å². The van der Waals surface area contributed by atoms with E-state index in [0.29, 0.717) is 38.9 Å². The van der Waals surface area contributed by atoms with Crippen LogP contribution in [0.5, 0.6) is 5.75 Å². The zero-order valence-electron chi connectivity index (χ0n) is 19.7. The molecule has 35 heavy (non-hydrogen) atoms. The van der Waals surface area contributed by atoms with Gasteiger partial charge >= 0.3 is 0 Å². The van der Waals surface area contributed by atoms with Gasteiger partial charge in [-0.25, -0.2) is 8.78 Å². The smallest absolute Gasteiger partial charge is 0.217 e. The largest absolute Gasteiger partial charge is 0.507 e. The standard InChI is InChI=1S/C29H23F2NO3/c1-15-7-5-6-8-19(15)28-20-11-22(30)24(32(4)18-9-16(2)29(34)17(3)10-18)13-26(20)35-27-14-25(33)23(31)12-21(27)28/h5-14,34H,1-4H3. The van der Waals surface area contributed by atoms with Gasteiger partial charge in [-0.3, -0.25) is 4.79 Å². The van der Waals surface area contributed by atoms with Crippen LogP contribution in [0.1, 0.15) is 16.7 Å². The Bertz CT molecular complexity index is 1630. The number of anilines is 2. The Morgan fingerprint density at radius 2 is 1.51 bits per heavy atom. The maximum Gasteiger partial charge on any atom is 0.217 e. The van der Waals surface area contributed by atoms with Crippen LogP contribution in [0.15, 0.2) is 69.9 Å². The molecule has 0 spiro atoms. The molecule has 4 nitrogen and oxygen atoms in total. The van der Waals surface area contributed by atoms with Gasteiger partial charge in [0.2, 0.25) is 5.43 Å². The summed E-state index contributed by atoms with van der Waals surface area (Å²) in [5.74, 6) is -0.963. The average Bonchev–Trinajstić information content (AvgIpc) is 2.82. The van der Waals surface area contributed by atoms with E-state index < -0.39 is 17.1 Å². The summed E-state index contributed by atoms with van der Waals surface area (Å²) in [6, 6.07) is 16.3. The maximum absolute atomic E-state index is 15.6. The summed E-state index contributed by atoms with van der Waals surface area (Å²) in [6.45, 7) is 5.49. The predicted octanol–water partition coefficient (Wildman–Crippen LogP) is 7.24. The molecule has 1 aliphatic heterocycles. The number of aryl methyl sites for hydroxylation is 3. The minimum absolute atomic E-state index is 0.200. The van der Waals surface area contributed by atoms with Crippen molar-refractivity contribution in [2.45, 2.75) is 20.8 Å². The van der Waals surface area contributed by atoms with Crippen molar-refractivity contribution in [1.29, 1.82) is 0 Å². The molecule has 0 bridgehead atoms. The SMILES string of the molecule is Cc1ccccc1-c1c2cc(F)c(=O)cc-2oc2cc(N(C)c3cc(C)c(O)c(C)c3)c(F)cc12. The number of phenols is 1. The van der Waals surface area contributed by atoms with Crippen LogP contribution in [0.4, 0.5) is 20.2 Å². The molecule has 0 amide bonds. The Balaban J connectivity index is 1.82. The van der Waals surface area contributed by atoms with E-state index in [0.717, 1.165) is 23.3 Å². The highest BCUT2D eigenvalue weighted by Gasteiger charge is 2.23. The molecule has 6 heteroatoms. The van der Waals surface area contributed by atoms with E-state index in [1.54, 1.807) is 44.0 Å². The fourth-order valence-electron chi connectivity index (χ4n) is 4.57. The molecule has 0 aromatic heterocycles. The van der Waals surface area contributed by atoms with Crippen molar-refractivity contribution in [1.82, 2.24) is 0 Å². The zero-order valence-corrected chi connectivity index (χ0v) is 19.7. The molecule has 3 aromatic carbocycles. The first-order chi connectivity index (χ1) is 16.7. The van der Waals surface area contributed by atoms with Gasteiger partial charge in [-0.2, -0.15) is 0 Å². The van der Waals surface area contributed by atoms with Crippen LogP contribution in [0, 0.1) is 32.4 Å². The number of hydrogen-bond donors (Lipinski definition) is 1. The summed E-state index contributed by atoms with van der Waals surface area (Å²) in [7, 11) is 1.73. The summed E-state index contributed by atoms with van der Waals surface area (Å²) in [6.07, 6.45) is 0. The molecular weight excluding hydrogens is 448 g/mol. The molecule has 1 aliphatic carbocycles. The summed E-state index contributed by atoms with van der Waals surface area (Å²) >= 11 is 0. The van der Waals surface area contributed by atoms with Crippen LogP contribution in [-0.4, -0.2) is 12.2 Å². The van der Waals surface area contributed by atoms with E-state index in [1.807, 2.05) is 31.2 Å². The number of aromatic hydroxyl groups is 1. The summed E-state index contributed by atoms with van der Waals surface area (Å²) in [5.41, 5.74) is 4.60. The van der Waals surface area contributed by atoms with Crippen LogP contribution in [0.2, 0.25) is 0 Å². The second-order valence-corrected chi connectivity index (χ2v) is 8.86.